The zero-order valence-electron chi connectivity index (χ0n) is 17.1. The summed E-state index contributed by atoms with van der Waals surface area (Å²) in [6.45, 7) is 6.05. The van der Waals surface area contributed by atoms with E-state index in [2.05, 4.69) is 29.4 Å². The maximum absolute atomic E-state index is 13.7. The third-order valence-corrected chi connectivity index (χ3v) is 5.46. The number of carbonyl (C=O) groups is 1. The van der Waals surface area contributed by atoms with Crippen molar-refractivity contribution >= 4 is 5.91 Å². The molecule has 5 nitrogen and oxygen atoms in total. The number of amides is 1. The summed E-state index contributed by atoms with van der Waals surface area (Å²) in [7, 11) is 0. The molecule has 1 aliphatic rings. The molecule has 156 valence electrons. The van der Waals surface area contributed by atoms with Crippen molar-refractivity contribution in [2.45, 2.75) is 51.4 Å². The number of nitrogens with zero attached hydrogens (tertiary/aromatic N) is 1. The largest absolute Gasteiger partial charge is 0.508 e. The monoisotopic (exact) mass is 399 g/mol. The van der Waals surface area contributed by atoms with Crippen LogP contribution in [0.1, 0.15) is 31.4 Å². The Morgan fingerprint density at radius 1 is 1.24 bits per heavy atom. The number of hydrogen-bond donors (Lipinski definition) is 3. The molecule has 0 bridgehead atoms. The first-order valence-corrected chi connectivity index (χ1v) is 10.2. The van der Waals surface area contributed by atoms with Gasteiger partial charge in [-0.25, -0.2) is 4.39 Å². The first kappa shape index (κ1) is 21.3. The van der Waals surface area contributed by atoms with Gasteiger partial charge in [-0.05, 0) is 56.0 Å². The number of benzene rings is 2. The van der Waals surface area contributed by atoms with E-state index >= 15 is 0 Å². The van der Waals surface area contributed by atoms with E-state index in [1.54, 1.807) is 30.3 Å². The van der Waals surface area contributed by atoms with Gasteiger partial charge in [0.05, 0.1) is 6.04 Å². The fraction of sp³-hybridized carbons (Fsp3) is 0.435. The standard InChI is InChI=1S/C23H30FN3O2/c1-16(2)27-15-19(26-14-17-6-5-8-20(28)12-17)13-22(27)23(29)25-11-10-18-7-3-4-9-21(18)24/h3-9,12,16,19,22,26,28H,10-11,13-15H2,1-2H3,(H,25,29)/t19-,22+/m1/s1. The number of phenols is 1. The predicted octanol–water partition coefficient (Wildman–Crippen LogP) is 2.83. The van der Waals surface area contributed by atoms with E-state index in [0.717, 1.165) is 18.5 Å². The summed E-state index contributed by atoms with van der Waals surface area (Å²) in [5.41, 5.74) is 1.63. The fourth-order valence-corrected chi connectivity index (χ4v) is 3.91. The lowest BCUT2D eigenvalue weighted by Crippen LogP contribution is -2.46. The zero-order chi connectivity index (χ0) is 20.8. The van der Waals surface area contributed by atoms with Crippen molar-refractivity contribution < 1.29 is 14.3 Å². The second-order valence-electron chi connectivity index (χ2n) is 7.92. The Hall–Kier alpha value is -2.44. The average molecular weight is 400 g/mol. The lowest BCUT2D eigenvalue weighted by molar-refractivity contribution is -0.126. The second-order valence-corrected chi connectivity index (χ2v) is 7.92. The summed E-state index contributed by atoms with van der Waals surface area (Å²) >= 11 is 0. The van der Waals surface area contributed by atoms with Gasteiger partial charge in [0.2, 0.25) is 5.91 Å². The first-order chi connectivity index (χ1) is 13.9. The Morgan fingerprint density at radius 3 is 2.76 bits per heavy atom. The lowest BCUT2D eigenvalue weighted by atomic mass is 10.1. The molecular weight excluding hydrogens is 369 g/mol. The van der Waals surface area contributed by atoms with Crippen LogP contribution in [0.4, 0.5) is 4.39 Å². The van der Waals surface area contributed by atoms with Crippen molar-refractivity contribution in [2.24, 2.45) is 0 Å². The van der Waals surface area contributed by atoms with E-state index < -0.39 is 0 Å². The van der Waals surface area contributed by atoms with E-state index in [1.165, 1.54) is 6.07 Å². The van der Waals surface area contributed by atoms with Crippen LogP contribution in [0.5, 0.6) is 5.75 Å². The van der Waals surface area contributed by atoms with Crippen molar-refractivity contribution in [3.8, 4) is 5.75 Å². The topological polar surface area (TPSA) is 64.6 Å². The number of carbonyl (C=O) groups excluding carboxylic acids is 1. The van der Waals surface area contributed by atoms with Gasteiger partial charge in [0.25, 0.3) is 0 Å². The molecule has 3 N–H and O–H groups in total. The molecule has 0 aliphatic carbocycles. The van der Waals surface area contributed by atoms with Gasteiger partial charge in [-0.1, -0.05) is 30.3 Å². The SMILES string of the molecule is CC(C)N1C[C@H](NCc2cccc(O)c2)C[C@H]1C(=O)NCCc1ccccc1F. The molecule has 1 amide bonds. The van der Waals surface area contributed by atoms with Crippen molar-refractivity contribution in [1.29, 1.82) is 0 Å². The molecule has 2 aromatic rings. The highest BCUT2D eigenvalue weighted by molar-refractivity contribution is 5.82. The Morgan fingerprint density at radius 2 is 2.03 bits per heavy atom. The molecule has 2 atom stereocenters. The molecule has 29 heavy (non-hydrogen) atoms. The minimum Gasteiger partial charge on any atom is -0.508 e. The van der Waals surface area contributed by atoms with Crippen LogP contribution >= 0.6 is 0 Å². The predicted molar refractivity (Wildman–Crippen MR) is 112 cm³/mol. The maximum atomic E-state index is 13.7. The van der Waals surface area contributed by atoms with E-state index in [1.807, 2.05) is 12.1 Å². The number of likely N-dealkylation sites (tertiary alicyclic amines) is 1. The zero-order valence-corrected chi connectivity index (χ0v) is 17.1. The molecule has 0 aromatic heterocycles. The molecule has 1 fully saturated rings. The Labute approximate surface area is 171 Å². The van der Waals surface area contributed by atoms with Gasteiger partial charge in [-0.2, -0.15) is 0 Å². The van der Waals surface area contributed by atoms with Gasteiger partial charge in [0.1, 0.15) is 11.6 Å². The third kappa shape index (κ3) is 5.78. The third-order valence-electron chi connectivity index (χ3n) is 5.46. The number of hydrogen-bond acceptors (Lipinski definition) is 4. The van der Waals surface area contributed by atoms with Crippen molar-refractivity contribution in [3.63, 3.8) is 0 Å². The maximum Gasteiger partial charge on any atom is 0.237 e. The summed E-state index contributed by atoms with van der Waals surface area (Å²) in [5, 5.41) is 16.1. The summed E-state index contributed by atoms with van der Waals surface area (Å²) in [6, 6.07) is 14.1. The average Bonchev–Trinajstić information content (AvgIpc) is 3.13. The van der Waals surface area contributed by atoms with Crippen LogP contribution in [-0.4, -0.2) is 47.1 Å². The number of aromatic hydroxyl groups is 1. The second kappa shape index (κ2) is 9.85. The van der Waals surface area contributed by atoms with Gasteiger partial charge >= 0.3 is 0 Å². The quantitative estimate of drug-likeness (QED) is 0.639. The molecule has 6 heteroatoms. The minimum absolute atomic E-state index is 0.00306. The summed E-state index contributed by atoms with van der Waals surface area (Å²) in [4.78, 5) is 15.0. The van der Waals surface area contributed by atoms with Gasteiger partial charge < -0.3 is 15.7 Å². The van der Waals surface area contributed by atoms with Gasteiger partial charge in [0.15, 0.2) is 0 Å². The van der Waals surface area contributed by atoms with Gasteiger partial charge in [-0.15, -0.1) is 0 Å². The molecule has 0 saturated carbocycles. The van der Waals surface area contributed by atoms with Crippen LogP contribution in [0.3, 0.4) is 0 Å². The van der Waals surface area contributed by atoms with Crippen LogP contribution < -0.4 is 10.6 Å². The van der Waals surface area contributed by atoms with Crippen LogP contribution in [0.2, 0.25) is 0 Å². The molecular formula is C23H30FN3O2. The molecule has 1 saturated heterocycles. The lowest BCUT2D eigenvalue weighted by Gasteiger charge is -2.27. The highest BCUT2D eigenvalue weighted by atomic mass is 19.1. The normalized spacial score (nSPS) is 19.6. The van der Waals surface area contributed by atoms with Gasteiger partial charge in [-0.3, -0.25) is 9.69 Å². The summed E-state index contributed by atoms with van der Waals surface area (Å²) in [6.07, 6.45) is 1.20. The van der Waals surface area contributed by atoms with E-state index in [0.29, 0.717) is 25.1 Å². The summed E-state index contributed by atoms with van der Waals surface area (Å²) in [5.74, 6) is 0.0194. The molecule has 1 heterocycles. The summed E-state index contributed by atoms with van der Waals surface area (Å²) < 4.78 is 13.7. The van der Waals surface area contributed by atoms with E-state index in [9.17, 15) is 14.3 Å². The number of halogens is 1. The first-order valence-electron chi connectivity index (χ1n) is 10.2. The molecule has 0 radical (unpaired) electrons. The molecule has 0 unspecified atom stereocenters. The molecule has 3 rings (SSSR count). The number of nitrogens with one attached hydrogen (secondary N) is 2. The van der Waals surface area contributed by atoms with E-state index in [4.69, 9.17) is 0 Å². The van der Waals surface area contributed by atoms with Crippen molar-refractivity contribution in [3.05, 3.63) is 65.5 Å². The highest BCUT2D eigenvalue weighted by Gasteiger charge is 2.37. The van der Waals surface area contributed by atoms with Gasteiger partial charge in [0, 0.05) is 31.7 Å². The van der Waals surface area contributed by atoms with Crippen molar-refractivity contribution in [2.75, 3.05) is 13.1 Å². The highest BCUT2D eigenvalue weighted by Crippen LogP contribution is 2.22. The Bertz CT molecular complexity index is 827. The van der Waals surface area contributed by atoms with Crippen LogP contribution in [0.15, 0.2) is 48.5 Å². The number of rotatable bonds is 8. The molecule has 2 aromatic carbocycles. The molecule has 1 aliphatic heterocycles. The fourth-order valence-electron chi connectivity index (χ4n) is 3.91. The van der Waals surface area contributed by atoms with Crippen LogP contribution in [0.25, 0.3) is 0 Å². The number of phenolic OH excluding ortho intramolecular Hbond substituents is 1. The smallest absolute Gasteiger partial charge is 0.237 e. The van der Waals surface area contributed by atoms with Crippen LogP contribution in [0, 0.1) is 5.82 Å². The van der Waals surface area contributed by atoms with Crippen LogP contribution in [-0.2, 0) is 17.8 Å². The van der Waals surface area contributed by atoms with Crippen molar-refractivity contribution in [1.82, 2.24) is 15.5 Å². The molecule has 0 spiro atoms. The minimum atomic E-state index is -0.234. The Balaban J connectivity index is 1.52. The van der Waals surface area contributed by atoms with E-state index in [-0.39, 0.29) is 35.6 Å². The Kier molecular flexibility index (Phi) is 7.23.